The molecule has 0 unspecified atom stereocenters. The molecule has 5 heavy (non-hydrogen) atoms. The maximum Gasteiger partial charge on any atom is 0 e. The summed E-state index contributed by atoms with van der Waals surface area (Å²) in [6.07, 6.45) is 0. The largest absolute Gasteiger partial charge is 0 e. The van der Waals surface area contributed by atoms with Crippen molar-refractivity contribution in [2.45, 2.75) is 0 Å². The fraction of sp³-hybridized carbons (Fsp3) is 0. The van der Waals surface area contributed by atoms with Crippen molar-refractivity contribution in [3.8, 4) is 0 Å². The molecule has 0 saturated carbocycles. The zero-order chi connectivity index (χ0) is 0. The Morgan fingerprint density at radius 1 is 1.00 bits per heavy atom. The van der Waals surface area contributed by atoms with Crippen LogP contribution in [0.2, 0.25) is 0 Å². The summed E-state index contributed by atoms with van der Waals surface area (Å²) in [6, 6.07) is 0. The summed E-state index contributed by atoms with van der Waals surface area (Å²) in [5, 5.41) is 0. The Hall–Kier alpha value is 3.06. The molecular formula is AgCoCuNiSn. The van der Waals surface area contributed by atoms with Crippen LogP contribution in [0.4, 0.5) is 0 Å². The van der Waals surface area contributed by atoms with Gasteiger partial charge in [0.1, 0.15) is 0 Å². The molecule has 0 aliphatic rings. The summed E-state index contributed by atoms with van der Waals surface area (Å²) in [5.41, 5.74) is 0. The molecule has 0 N–H and O–H groups in total. The third-order valence-electron chi connectivity index (χ3n) is 0. The van der Waals surface area contributed by atoms with E-state index in [1.807, 2.05) is 0 Å². The molecule has 0 aromatic carbocycles. The first-order chi connectivity index (χ1) is 0. The van der Waals surface area contributed by atoms with E-state index in [1.54, 1.807) is 0 Å². The van der Waals surface area contributed by atoms with Gasteiger partial charge in [-0.15, -0.1) is 0 Å². The average Bonchev–Trinajstić information content (AvgIpc) is 0. The minimum absolute atomic E-state index is 0. The molecule has 0 aromatic heterocycles. The van der Waals surface area contributed by atoms with Gasteiger partial charge in [0.2, 0.25) is 0 Å². The Balaban J connectivity index is 0. The van der Waals surface area contributed by atoms with Crippen LogP contribution < -0.4 is 0 Å². The van der Waals surface area contributed by atoms with E-state index in [-0.39, 0.29) is 96.6 Å². The summed E-state index contributed by atoms with van der Waals surface area (Å²) in [7, 11) is 0. The Morgan fingerprint density at radius 3 is 1.00 bits per heavy atom. The number of rotatable bonds is 0. The molecule has 7 radical (unpaired) electrons. The molecule has 0 aliphatic heterocycles. The van der Waals surface area contributed by atoms with E-state index in [9.17, 15) is 0 Å². The molecule has 0 fully saturated rings. The first-order valence-corrected chi connectivity index (χ1v) is 0. The molecule has 5 heteroatoms. The van der Waals surface area contributed by atoms with Crippen LogP contribution in [0.25, 0.3) is 0 Å². The quantitative estimate of drug-likeness (QED) is 0.480. The average molecular weight is 408 g/mol. The summed E-state index contributed by atoms with van der Waals surface area (Å²) in [6.45, 7) is 0. The van der Waals surface area contributed by atoms with E-state index in [2.05, 4.69) is 0 Å². The molecular weight excluding hydrogens is 408 g/mol. The van der Waals surface area contributed by atoms with Crippen LogP contribution in [0.1, 0.15) is 0 Å². The monoisotopic (exact) mass is 407 g/mol. The fourth-order valence-electron chi connectivity index (χ4n) is 0. The molecule has 0 aliphatic carbocycles. The van der Waals surface area contributed by atoms with Crippen molar-refractivity contribution in [3.63, 3.8) is 0 Å². The Morgan fingerprint density at radius 2 is 1.00 bits per heavy atom. The van der Waals surface area contributed by atoms with Crippen molar-refractivity contribution in [1.29, 1.82) is 0 Å². The minimum Gasteiger partial charge on any atom is 0 e. The molecule has 0 spiro atoms. The topological polar surface area (TPSA) is 0 Å². The van der Waals surface area contributed by atoms with Gasteiger partial charge >= 0.3 is 0 Å². The maximum atomic E-state index is 0. The van der Waals surface area contributed by atoms with Crippen LogP contribution in [0.5, 0.6) is 0 Å². The van der Waals surface area contributed by atoms with E-state index in [0.29, 0.717) is 0 Å². The van der Waals surface area contributed by atoms with Gasteiger partial charge in [-0.1, -0.05) is 0 Å². The summed E-state index contributed by atoms with van der Waals surface area (Å²) in [4.78, 5) is 0. The Labute approximate surface area is 95.0 Å². The smallest absolute Gasteiger partial charge is 0 e. The van der Waals surface area contributed by atoms with Gasteiger partial charge in [-0.25, -0.2) is 0 Å². The summed E-state index contributed by atoms with van der Waals surface area (Å²) >= 11 is 0. The van der Waals surface area contributed by atoms with E-state index in [4.69, 9.17) is 0 Å². The first kappa shape index (κ1) is 42.9. The Bertz CT molecular complexity index is 11.6. The van der Waals surface area contributed by atoms with Gasteiger partial charge in [0.15, 0.2) is 0 Å². The third kappa shape index (κ3) is 19.3. The van der Waals surface area contributed by atoms with E-state index >= 15 is 0 Å². The number of hydrogen-bond acceptors (Lipinski definition) is 0. The van der Waals surface area contributed by atoms with E-state index < -0.39 is 0 Å². The minimum atomic E-state index is 0. The van der Waals surface area contributed by atoms with Crippen molar-refractivity contribution in [2.24, 2.45) is 0 Å². The van der Waals surface area contributed by atoms with Crippen molar-refractivity contribution in [3.05, 3.63) is 0 Å². The van der Waals surface area contributed by atoms with Crippen LogP contribution in [-0.2, 0) is 72.7 Å². The van der Waals surface area contributed by atoms with Gasteiger partial charge in [-0.05, 0) is 0 Å². The molecule has 0 rings (SSSR count). The van der Waals surface area contributed by atoms with Gasteiger partial charge in [-0.3, -0.25) is 0 Å². The predicted octanol–water partition coefficient (Wildman–Crippen LogP) is -0.391. The third-order valence-corrected chi connectivity index (χ3v) is 0. The van der Waals surface area contributed by atoms with Crippen LogP contribution in [0.3, 0.4) is 0 Å². The molecule has 0 saturated heterocycles. The zero-order valence-corrected chi connectivity index (χ0v) is 9.06. The van der Waals surface area contributed by atoms with Crippen molar-refractivity contribution in [2.75, 3.05) is 0 Å². The molecule has 0 atom stereocenters. The van der Waals surface area contributed by atoms with Crippen LogP contribution >= 0.6 is 0 Å². The zero-order valence-electron chi connectivity index (χ0n) is 1.75. The van der Waals surface area contributed by atoms with Gasteiger partial charge in [0, 0.05) is 96.6 Å². The normalized spacial score (nSPS) is 0. The van der Waals surface area contributed by atoms with Gasteiger partial charge in [0.05, 0.1) is 0 Å². The molecule has 0 aromatic rings. The SMILES string of the molecule is [Ag].[Co].[Cu].[Ni].[Sn]. The van der Waals surface area contributed by atoms with Crippen molar-refractivity contribution in [1.82, 2.24) is 0 Å². The van der Waals surface area contributed by atoms with E-state index in [1.165, 1.54) is 0 Å². The second-order valence-electron chi connectivity index (χ2n) is 0. The van der Waals surface area contributed by atoms with Crippen LogP contribution in [0, 0.1) is 0 Å². The second kappa shape index (κ2) is 27.7. The van der Waals surface area contributed by atoms with Gasteiger partial charge in [0.25, 0.3) is 0 Å². The Kier molecular flexibility index (Phi) is 238. The number of hydrogen-bond donors (Lipinski definition) is 0. The molecule has 0 nitrogen and oxygen atoms in total. The molecule has 0 heterocycles. The molecule has 0 amide bonds. The molecule has 45 valence electrons. The predicted molar refractivity (Wildman–Crippen MR) is 5.75 cm³/mol. The van der Waals surface area contributed by atoms with E-state index in [0.717, 1.165) is 0 Å². The van der Waals surface area contributed by atoms with Gasteiger partial charge < -0.3 is 0 Å². The van der Waals surface area contributed by atoms with Crippen molar-refractivity contribution < 1.29 is 72.7 Å². The first-order valence-electron chi connectivity index (χ1n) is 0. The summed E-state index contributed by atoms with van der Waals surface area (Å²) in [5.74, 6) is 0. The maximum absolute atomic E-state index is 0. The fourth-order valence-corrected chi connectivity index (χ4v) is 0. The van der Waals surface area contributed by atoms with Gasteiger partial charge in [-0.2, -0.15) is 0 Å². The summed E-state index contributed by atoms with van der Waals surface area (Å²) < 4.78 is 0. The van der Waals surface area contributed by atoms with Crippen LogP contribution in [-0.4, -0.2) is 23.9 Å². The standard InChI is InChI=1S/Ag.Co.Cu.Ni.Sn. The van der Waals surface area contributed by atoms with Crippen LogP contribution in [0.15, 0.2) is 0 Å². The second-order valence-corrected chi connectivity index (χ2v) is 0. The molecule has 0 bridgehead atoms. The van der Waals surface area contributed by atoms with Crippen molar-refractivity contribution >= 4 is 23.9 Å².